The Balaban J connectivity index is 2.26. The number of anilines is 1. The number of rotatable bonds is 7. The summed E-state index contributed by atoms with van der Waals surface area (Å²) in [7, 11) is 1.50. The molecule has 0 radical (unpaired) electrons. The smallest absolute Gasteiger partial charge is 0.269 e. The second kappa shape index (κ2) is 9.19. The number of nitrogens with zero attached hydrogens (tertiary/aromatic N) is 2. The van der Waals surface area contributed by atoms with Crippen LogP contribution in [0.1, 0.15) is 18.1 Å². The third-order valence-corrected chi connectivity index (χ3v) is 3.83. The molecule has 2 aromatic carbocycles. The van der Waals surface area contributed by atoms with E-state index in [9.17, 15) is 20.2 Å². The number of nitriles is 1. The van der Waals surface area contributed by atoms with E-state index in [4.69, 9.17) is 9.47 Å². The Kier molecular flexibility index (Phi) is 6.71. The Morgan fingerprint density at radius 1 is 1.29 bits per heavy atom. The predicted molar refractivity (Wildman–Crippen MR) is 104 cm³/mol. The molecule has 2 rings (SSSR count). The van der Waals surface area contributed by atoms with E-state index < -0.39 is 10.8 Å². The summed E-state index contributed by atoms with van der Waals surface area (Å²) in [6.07, 6.45) is 1.42. The summed E-state index contributed by atoms with van der Waals surface area (Å²) < 4.78 is 10.7. The zero-order valence-corrected chi connectivity index (χ0v) is 15.7. The number of amides is 1. The van der Waals surface area contributed by atoms with Gasteiger partial charge in [0.25, 0.3) is 11.6 Å². The first-order valence-corrected chi connectivity index (χ1v) is 8.38. The highest BCUT2D eigenvalue weighted by molar-refractivity contribution is 6.10. The van der Waals surface area contributed by atoms with Crippen LogP contribution in [0, 0.1) is 28.4 Å². The van der Waals surface area contributed by atoms with Crippen LogP contribution in [0.4, 0.5) is 11.4 Å². The van der Waals surface area contributed by atoms with E-state index in [2.05, 4.69) is 5.32 Å². The molecule has 8 nitrogen and oxygen atoms in total. The minimum absolute atomic E-state index is 0.0759. The lowest BCUT2D eigenvalue weighted by Gasteiger charge is -2.10. The number of nitro benzene ring substituents is 1. The second-order valence-electron chi connectivity index (χ2n) is 5.72. The van der Waals surface area contributed by atoms with Gasteiger partial charge in [-0.1, -0.05) is 6.07 Å². The molecule has 0 aliphatic rings. The molecule has 1 amide bonds. The number of nitro groups is 1. The highest BCUT2D eigenvalue weighted by atomic mass is 16.6. The van der Waals surface area contributed by atoms with Crippen molar-refractivity contribution in [3.8, 4) is 17.6 Å². The molecule has 0 unspecified atom stereocenters. The molecule has 0 aliphatic carbocycles. The van der Waals surface area contributed by atoms with E-state index >= 15 is 0 Å². The van der Waals surface area contributed by atoms with E-state index in [1.807, 2.05) is 13.0 Å². The van der Waals surface area contributed by atoms with Gasteiger partial charge >= 0.3 is 0 Å². The van der Waals surface area contributed by atoms with Crippen molar-refractivity contribution >= 4 is 23.4 Å². The quantitative estimate of drug-likeness (QED) is 0.337. The summed E-state index contributed by atoms with van der Waals surface area (Å²) in [4.78, 5) is 22.7. The highest BCUT2D eigenvalue weighted by Crippen LogP contribution is 2.29. The number of hydrogen-bond acceptors (Lipinski definition) is 6. The van der Waals surface area contributed by atoms with Crippen molar-refractivity contribution in [2.75, 3.05) is 19.0 Å². The zero-order valence-electron chi connectivity index (χ0n) is 15.7. The Hall–Kier alpha value is -3.86. The average molecular weight is 381 g/mol. The lowest BCUT2D eigenvalue weighted by molar-refractivity contribution is -0.384. The van der Waals surface area contributed by atoms with Crippen LogP contribution in [-0.2, 0) is 4.79 Å². The molecule has 0 bridgehead atoms. The van der Waals surface area contributed by atoms with Gasteiger partial charge in [-0.2, -0.15) is 5.26 Å². The van der Waals surface area contributed by atoms with Crippen LogP contribution in [0.5, 0.6) is 11.5 Å². The van der Waals surface area contributed by atoms with Crippen molar-refractivity contribution in [2.24, 2.45) is 0 Å². The monoisotopic (exact) mass is 381 g/mol. The zero-order chi connectivity index (χ0) is 20.7. The third kappa shape index (κ3) is 4.86. The van der Waals surface area contributed by atoms with E-state index in [0.717, 1.165) is 0 Å². The van der Waals surface area contributed by atoms with E-state index in [1.54, 1.807) is 25.1 Å². The molecule has 0 heterocycles. The molecule has 2 aromatic rings. The van der Waals surface area contributed by atoms with E-state index in [0.29, 0.717) is 34.9 Å². The fraction of sp³-hybridized carbons (Fsp3) is 0.200. The number of aryl methyl sites for hydroxylation is 1. The van der Waals surface area contributed by atoms with Crippen LogP contribution in [0.15, 0.2) is 42.0 Å². The van der Waals surface area contributed by atoms with E-state index in [1.165, 1.54) is 31.4 Å². The van der Waals surface area contributed by atoms with Gasteiger partial charge in [0.2, 0.25) is 0 Å². The molecular formula is C20H19N3O5. The van der Waals surface area contributed by atoms with Crippen molar-refractivity contribution in [1.82, 2.24) is 0 Å². The average Bonchev–Trinajstić information content (AvgIpc) is 2.68. The third-order valence-electron chi connectivity index (χ3n) is 3.83. The maximum Gasteiger partial charge on any atom is 0.269 e. The maximum absolute atomic E-state index is 12.5. The Morgan fingerprint density at radius 3 is 2.61 bits per heavy atom. The number of ether oxygens (including phenoxy) is 2. The number of benzene rings is 2. The normalized spacial score (nSPS) is 10.7. The fourth-order valence-electron chi connectivity index (χ4n) is 2.46. The number of hydrogen-bond donors (Lipinski definition) is 1. The van der Waals surface area contributed by atoms with Crippen molar-refractivity contribution in [1.29, 1.82) is 5.26 Å². The number of carbonyl (C=O) groups excluding carboxylic acids is 1. The van der Waals surface area contributed by atoms with Gasteiger partial charge in [-0.25, -0.2) is 0 Å². The molecule has 0 saturated heterocycles. The molecule has 0 aliphatic heterocycles. The van der Waals surface area contributed by atoms with Crippen molar-refractivity contribution < 1.29 is 19.2 Å². The Bertz CT molecular complexity index is 976. The topological polar surface area (TPSA) is 114 Å². The molecule has 144 valence electrons. The minimum atomic E-state index is -0.618. The van der Waals surface area contributed by atoms with Crippen LogP contribution in [0.3, 0.4) is 0 Å². The predicted octanol–water partition coefficient (Wildman–Crippen LogP) is 3.86. The van der Waals surface area contributed by atoms with Crippen LogP contribution in [0.2, 0.25) is 0 Å². The number of methoxy groups -OCH3 is 1. The number of carbonyl (C=O) groups is 1. The summed E-state index contributed by atoms with van der Waals surface area (Å²) in [6.45, 7) is 3.97. The standard InChI is InChI=1S/C20H19N3O5/c1-4-28-18-8-5-14(11-19(18)27-3)10-15(12-21)20(24)22-17-7-6-16(23(25)26)9-13(17)2/h5-11H,4H2,1-3H3,(H,22,24)/b15-10+. The molecule has 0 spiro atoms. The summed E-state index contributed by atoms with van der Waals surface area (Å²) in [5.41, 5.74) is 1.30. The van der Waals surface area contributed by atoms with Gasteiger partial charge in [-0.05, 0) is 49.2 Å². The van der Waals surface area contributed by atoms with Gasteiger partial charge in [0.1, 0.15) is 11.6 Å². The first-order valence-electron chi connectivity index (χ1n) is 8.38. The summed E-state index contributed by atoms with van der Waals surface area (Å²) >= 11 is 0. The largest absolute Gasteiger partial charge is 0.493 e. The summed E-state index contributed by atoms with van der Waals surface area (Å²) in [6, 6.07) is 11.0. The van der Waals surface area contributed by atoms with Crippen LogP contribution in [0.25, 0.3) is 6.08 Å². The molecule has 1 N–H and O–H groups in total. The van der Waals surface area contributed by atoms with Gasteiger partial charge in [0.05, 0.1) is 18.6 Å². The van der Waals surface area contributed by atoms with E-state index in [-0.39, 0.29) is 11.3 Å². The van der Waals surface area contributed by atoms with Crippen molar-refractivity contribution in [3.05, 3.63) is 63.2 Å². The first-order chi connectivity index (χ1) is 13.4. The molecular weight excluding hydrogens is 362 g/mol. The number of non-ortho nitro benzene ring substituents is 1. The van der Waals surface area contributed by atoms with Crippen molar-refractivity contribution in [2.45, 2.75) is 13.8 Å². The molecule has 0 aromatic heterocycles. The van der Waals surface area contributed by atoms with Crippen LogP contribution < -0.4 is 14.8 Å². The molecule has 28 heavy (non-hydrogen) atoms. The molecule has 0 fully saturated rings. The van der Waals surface area contributed by atoms with Gasteiger partial charge in [-0.15, -0.1) is 0 Å². The Morgan fingerprint density at radius 2 is 2.04 bits per heavy atom. The first kappa shape index (κ1) is 20.5. The van der Waals surface area contributed by atoms with Gasteiger partial charge in [0, 0.05) is 17.8 Å². The number of nitrogens with one attached hydrogen (secondary N) is 1. The lowest BCUT2D eigenvalue weighted by Crippen LogP contribution is -2.14. The molecule has 0 saturated carbocycles. The maximum atomic E-state index is 12.5. The molecule has 8 heteroatoms. The van der Waals surface area contributed by atoms with Crippen molar-refractivity contribution in [3.63, 3.8) is 0 Å². The van der Waals surface area contributed by atoms with Gasteiger partial charge in [-0.3, -0.25) is 14.9 Å². The minimum Gasteiger partial charge on any atom is -0.493 e. The van der Waals surface area contributed by atoms with Gasteiger partial charge < -0.3 is 14.8 Å². The second-order valence-corrected chi connectivity index (χ2v) is 5.72. The van der Waals surface area contributed by atoms with Crippen LogP contribution in [-0.4, -0.2) is 24.5 Å². The SMILES string of the molecule is CCOc1ccc(/C=C(\C#N)C(=O)Nc2ccc([N+](=O)[O-])cc2C)cc1OC. The highest BCUT2D eigenvalue weighted by Gasteiger charge is 2.14. The lowest BCUT2D eigenvalue weighted by atomic mass is 10.1. The Labute approximate surface area is 162 Å². The van der Waals surface area contributed by atoms with Crippen LogP contribution >= 0.6 is 0 Å². The fourth-order valence-corrected chi connectivity index (χ4v) is 2.46. The summed E-state index contributed by atoms with van der Waals surface area (Å²) in [5.74, 6) is 0.429. The summed E-state index contributed by atoms with van der Waals surface area (Å²) in [5, 5.41) is 22.8. The molecule has 0 atom stereocenters. The van der Waals surface area contributed by atoms with Gasteiger partial charge in [0.15, 0.2) is 11.5 Å².